The summed E-state index contributed by atoms with van der Waals surface area (Å²) in [5.74, 6) is 0.929. The first-order chi connectivity index (χ1) is 8.50. The van der Waals surface area contributed by atoms with E-state index >= 15 is 0 Å². The van der Waals surface area contributed by atoms with Crippen LogP contribution in [0.1, 0.15) is 65.2 Å². The van der Waals surface area contributed by atoms with E-state index < -0.39 is 0 Å². The van der Waals surface area contributed by atoms with E-state index in [0.717, 1.165) is 25.7 Å². The van der Waals surface area contributed by atoms with Crippen LogP contribution in [0.5, 0.6) is 0 Å². The fourth-order valence-electron chi connectivity index (χ4n) is 3.78. The van der Waals surface area contributed by atoms with Crippen molar-refractivity contribution in [3.8, 4) is 0 Å². The molecular formula is C15H28N2O. The molecular weight excluding hydrogens is 224 g/mol. The summed E-state index contributed by atoms with van der Waals surface area (Å²) in [5.41, 5.74) is 5.72. The van der Waals surface area contributed by atoms with Gasteiger partial charge in [-0.2, -0.15) is 0 Å². The fourth-order valence-corrected chi connectivity index (χ4v) is 3.78. The lowest BCUT2D eigenvalue weighted by Crippen LogP contribution is -2.58. The molecule has 2 unspecified atom stereocenters. The van der Waals surface area contributed by atoms with Crippen LogP contribution in [0.2, 0.25) is 0 Å². The van der Waals surface area contributed by atoms with Crippen LogP contribution in [-0.4, -0.2) is 18.0 Å². The maximum Gasteiger partial charge on any atom is 0.226 e. The summed E-state index contributed by atoms with van der Waals surface area (Å²) in [6.45, 7) is 4.97. The molecule has 2 aliphatic rings. The van der Waals surface area contributed by atoms with E-state index in [4.69, 9.17) is 5.73 Å². The van der Waals surface area contributed by atoms with Crippen LogP contribution in [0.25, 0.3) is 0 Å². The van der Waals surface area contributed by atoms with Gasteiger partial charge in [0.05, 0.1) is 5.54 Å². The van der Waals surface area contributed by atoms with Crippen molar-refractivity contribution in [3.05, 3.63) is 0 Å². The van der Waals surface area contributed by atoms with Crippen molar-refractivity contribution >= 4 is 5.91 Å². The van der Waals surface area contributed by atoms with Crippen LogP contribution in [-0.2, 0) is 4.79 Å². The lowest BCUT2D eigenvalue weighted by molar-refractivity contribution is -0.132. The Balaban J connectivity index is 2.03. The van der Waals surface area contributed by atoms with Gasteiger partial charge in [0.2, 0.25) is 5.91 Å². The normalized spacial score (nSPS) is 35.4. The van der Waals surface area contributed by atoms with Gasteiger partial charge in [-0.1, -0.05) is 39.5 Å². The molecule has 1 amide bonds. The van der Waals surface area contributed by atoms with Crippen LogP contribution in [0.3, 0.4) is 0 Å². The molecule has 2 saturated carbocycles. The highest BCUT2D eigenvalue weighted by atomic mass is 16.2. The Morgan fingerprint density at radius 3 is 2.50 bits per heavy atom. The molecule has 0 aliphatic heterocycles. The number of carbonyl (C=O) groups is 1. The topological polar surface area (TPSA) is 55.1 Å². The molecule has 18 heavy (non-hydrogen) atoms. The standard InChI is InChI=1S/C15H28N2O/c1-12-6-5-9-15(10-12,11-16)17-13(18)14(2)7-3-4-8-14/h12H,3-11,16H2,1-2H3,(H,17,18). The quantitative estimate of drug-likeness (QED) is 0.811. The molecule has 3 nitrogen and oxygen atoms in total. The Morgan fingerprint density at radius 1 is 1.28 bits per heavy atom. The number of hydrogen-bond acceptors (Lipinski definition) is 2. The molecule has 2 aliphatic carbocycles. The fraction of sp³-hybridized carbons (Fsp3) is 0.933. The van der Waals surface area contributed by atoms with Gasteiger partial charge in [0.1, 0.15) is 0 Å². The number of amides is 1. The van der Waals surface area contributed by atoms with Gasteiger partial charge >= 0.3 is 0 Å². The second-order valence-corrected chi connectivity index (χ2v) is 6.91. The van der Waals surface area contributed by atoms with E-state index in [1.165, 1.54) is 25.7 Å². The predicted molar refractivity (Wildman–Crippen MR) is 74.1 cm³/mol. The zero-order chi connectivity index (χ0) is 13.2. The third-order valence-corrected chi connectivity index (χ3v) is 5.12. The highest BCUT2D eigenvalue weighted by molar-refractivity contribution is 5.83. The number of carbonyl (C=O) groups excluding carboxylic acids is 1. The molecule has 0 aromatic heterocycles. The van der Waals surface area contributed by atoms with E-state index in [1.807, 2.05) is 0 Å². The average Bonchev–Trinajstić information content (AvgIpc) is 2.77. The highest BCUT2D eigenvalue weighted by Crippen LogP contribution is 2.39. The molecule has 0 spiro atoms. The van der Waals surface area contributed by atoms with E-state index in [1.54, 1.807) is 0 Å². The van der Waals surface area contributed by atoms with Crippen LogP contribution in [0, 0.1) is 11.3 Å². The number of hydrogen-bond donors (Lipinski definition) is 2. The van der Waals surface area contributed by atoms with Gasteiger partial charge in [-0.05, 0) is 31.6 Å². The van der Waals surface area contributed by atoms with Crippen molar-refractivity contribution in [1.29, 1.82) is 0 Å². The van der Waals surface area contributed by atoms with Gasteiger partial charge in [-0.15, -0.1) is 0 Å². The lowest BCUT2D eigenvalue weighted by atomic mass is 9.75. The number of rotatable bonds is 3. The van der Waals surface area contributed by atoms with Crippen LogP contribution in [0.4, 0.5) is 0 Å². The van der Waals surface area contributed by atoms with Crippen molar-refractivity contribution in [2.45, 2.75) is 70.8 Å². The van der Waals surface area contributed by atoms with Crippen molar-refractivity contribution in [1.82, 2.24) is 5.32 Å². The Hall–Kier alpha value is -0.570. The smallest absolute Gasteiger partial charge is 0.226 e. The number of nitrogens with two attached hydrogens (primary N) is 1. The summed E-state index contributed by atoms with van der Waals surface area (Å²) in [6, 6.07) is 0. The van der Waals surface area contributed by atoms with Gasteiger partial charge < -0.3 is 11.1 Å². The van der Waals surface area contributed by atoms with E-state index in [0.29, 0.717) is 12.5 Å². The first-order valence-corrected chi connectivity index (χ1v) is 7.52. The van der Waals surface area contributed by atoms with Crippen LogP contribution < -0.4 is 11.1 Å². The molecule has 0 radical (unpaired) electrons. The molecule has 0 bridgehead atoms. The van der Waals surface area contributed by atoms with Crippen molar-refractivity contribution in [3.63, 3.8) is 0 Å². The number of nitrogens with one attached hydrogen (secondary N) is 1. The van der Waals surface area contributed by atoms with Crippen LogP contribution >= 0.6 is 0 Å². The summed E-state index contributed by atoms with van der Waals surface area (Å²) in [6.07, 6.45) is 9.02. The summed E-state index contributed by atoms with van der Waals surface area (Å²) in [5, 5.41) is 3.33. The second kappa shape index (κ2) is 5.20. The predicted octanol–water partition coefficient (Wildman–Crippen LogP) is 2.59. The molecule has 2 atom stereocenters. The Labute approximate surface area is 111 Å². The Bertz CT molecular complexity index is 310. The molecule has 2 fully saturated rings. The minimum absolute atomic E-state index is 0.125. The maximum atomic E-state index is 12.5. The molecule has 2 rings (SSSR count). The molecule has 104 valence electrons. The first-order valence-electron chi connectivity index (χ1n) is 7.52. The monoisotopic (exact) mass is 252 g/mol. The SMILES string of the molecule is CC1CCCC(CN)(NC(=O)C2(C)CCCC2)C1. The van der Waals surface area contributed by atoms with Crippen molar-refractivity contribution < 1.29 is 4.79 Å². The van der Waals surface area contributed by atoms with Gasteiger partial charge in [0.15, 0.2) is 0 Å². The summed E-state index contributed by atoms with van der Waals surface area (Å²) in [7, 11) is 0. The minimum Gasteiger partial charge on any atom is -0.349 e. The van der Waals surface area contributed by atoms with Gasteiger partial charge in [-0.3, -0.25) is 4.79 Å². The maximum absolute atomic E-state index is 12.5. The zero-order valence-electron chi connectivity index (χ0n) is 11.9. The third kappa shape index (κ3) is 2.71. The third-order valence-electron chi connectivity index (χ3n) is 5.12. The van der Waals surface area contributed by atoms with Gasteiger partial charge in [0.25, 0.3) is 0 Å². The van der Waals surface area contributed by atoms with E-state index in [2.05, 4.69) is 19.2 Å². The lowest BCUT2D eigenvalue weighted by Gasteiger charge is -2.42. The molecule has 0 heterocycles. The molecule has 0 aromatic rings. The average molecular weight is 252 g/mol. The minimum atomic E-state index is -0.136. The molecule has 3 heteroatoms. The van der Waals surface area contributed by atoms with Gasteiger partial charge in [-0.25, -0.2) is 0 Å². The molecule has 3 N–H and O–H groups in total. The van der Waals surface area contributed by atoms with E-state index in [9.17, 15) is 4.79 Å². The Morgan fingerprint density at radius 2 is 1.94 bits per heavy atom. The van der Waals surface area contributed by atoms with Crippen LogP contribution in [0.15, 0.2) is 0 Å². The van der Waals surface area contributed by atoms with Crippen molar-refractivity contribution in [2.75, 3.05) is 6.54 Å². The molecule has 0 aromatic carbocycles. The van der Waals surface area contributed by atoms with Crippen molar-refractivity contribution in [2.24, 2.45) is 17.1 Å². The summed E-state index contributed by atoms with van der Waals surface area (Å²) < 4.78 is 0. The van der Waals surface area contributed by atoms with E-state index in [-0.39, 0.29) is 16.9 Å². The molecule has 0 saturated heterocycles. The summed E-state index contributed by atoms with van der Waals surface area (Å²) >= 11 is 0. The zero-order valence-corrected chi connectivity index (χ0v) is 11.9. The summed E-state index contributed by atoms with van der Waals surface area (Å²) in [4.78, 5) is 12.5. The highest BCUT2D eigenvalue weighted by Gasteiger charge is 2.42. The largest absolute Gasteiger partial charge is 0.349 e. The second-order valence-electron chi connectivity index (χ2n) is 6.91. The first kappa shape index (κ1) is 13.9. The van der Waals surface area contributed by atoms with Gasteiger partial charge in [0, 0.05) is 12.0 Å². The Kier molecular flexibility index (Phi) is 4.00.